The number of aryl methyl sites for hydroxylation is 1. The lowest BCUT2D eigenvalue weighted by Crippen LogP contribution is -2.46. The van der Waals surface area contributed by atoms with Crippen molar-refractivity contribution < 1.29 is 13.2 Å². The molecule has 0 radical (unpaired) electrons. The van der Waals surface area contributed by atoms with Gasteiger partial charge in [-0.15, -0.1) is 0 Å². The molecule has 1 aliphatic heterocycles. The van der Waals surface area contributed by atoms with E-state index in [4.69, 9.17) is 5.26 Å². The smallest absolute Gasteiger partial charge is 0.267 e. The molecule has 0 atom stereocenters. The number of para-hydroxylation sites is 1. The largest absolute Gasteiger partial charge is 0.373 e. The third kappa shape index (κ3) is 5.10. The molecule has 2 aromatic rings. The highest BCUT2D eigenvalue weighted by Gasteiger charge is 2.28. The number of rotatable bonds is 5. The standard InChI is InChI=1S/C22H21N5O3S/c1-17-6-8-20(9-7-17)31(29,30)27-12-10-26(11-13-27)16-19(15-24)22(28)25-21-5-3-2-4-18(21)14-23/h2-9,16H,10-13H2,1H3,(H,25,28)/b19-16-. The van der Waals surface area contributed by atoms with E-state index in [0.29, 0.717) is 24.3 Å². The molecule has 0 bridgehead atoms. The predicted molar refractivity (Wildman–Crippen MR) is 115 cm³/mol. The Kier molecular flexibility index (Phi) is 6.71. The Labute approximate surface area is 181 Å². The van der Waals surface area contributed by atoms with Crippen LogP contribution in [0.25, 0.3) is 0 Å². The molecule has 0 aliphatic carbocycles. The van der Waals surface area contributed by atoms with Crippen molar-refractivity contribution in [1.82, 2.24) is 9.21 Å². The third-order valence-electron chi connectivity index (χ3n) is 4.90. The Morgan fingerprint density at radius 1 is 1.03 bits per heavy atom. The maximum absolute atomic E-state index is 12.8. The molecule has 3 rings (SSSR count). The second-order valence-electron chi connectivity index (χ2n) is 7.02. The molecule has 0 aromatic heterocycles. The first kappa shape index (κ1) is 22.0. The average molecular weight is 436 g/mol. The number of nitrogens with one attached hydrogen (secondary N) is 1. The summed E-state index contributed by atoms with van der Waals surface area (Å²) in [5.74, 6) is -0.625. The lowest BCUT2D eigenvalue weighted by Gasteiger charge is -2.33. The third-order valence-corrected chi connectivity index (χ3v) is 6.82. The highest BCUT2D eigenvalue weighted by Crippen LogP contribution is 2.19. The predicted octanol–water partition coefficient (Wildman–Crippen LogP) is 2.22. The van der Waals surface area contributed by atoms with E-state index < -0.39 is 15.9 Å². The molecular formula is C22H21N5O3S. The van der Waals surface area contributed by atoms with Crippen molar-refractivity contribution in [1.29, 1.82) is 10.5 Å². The van der Waals surface area contributed by atoms with Crippen LogP contribution in [0.4, 0.5) is 5.69 Å². The van der Waals surface area contributed by atoms with Gasteiger partial charge in [-0.25, -0.2) is 8.42 Å². The maximum Gasteiger partial charge on any atom is 0.267 e. The Hall–Kier alpha value is -3.66. The van der Waals surface area contributed by atoms with Gasteiger partial charge in [-0.2, -0.15) is 14.8 Å². The molecule has 1 amide bonds. The van der Waals surface area contributed by atoms with E-state index in [1.54, 1.807) is 53.4 Å². The number of sulfonamides is 1. The summed E-state index contributed by atoms with van der Waals surface area (Å²) in [5.41, 5.74) is 1.48. The molecule has 1 saturated heterocycles. The van der Waals surface area contributed by atoms with Crippen LogP contribution < -0.4 is 5.32 Å². The van der Waals surface area contributed by atoms with Crippen molar-refractivity contribution >= 4 is 21.6 Å². The van der Waals surface area contributed by atoms with Crippen molar-refractivity contribution in [3.63, 3.8) is 0 Å². The van der Waals surface area contributed by atoms with Crippen LogP contribution in [0.15, 0.2) is 65.2 Å². The minimum atomic E-state index is -3.59. The van der Waals surface area contributed by atoms with Gasteiger partial charge in [-0.3, -0.25) is 4.79 Å². The number of nitrogens with zero attached hydrogens (tertiary/aromatic N) is 4. The average Bonchev–Trinajstić information content (AvgIpc) is 2.78. The number of benzene rings is 2. The number of hydrogen-bond donors (Lipinski definition) is 1. The first-order valence-corrected chi connectivity index (χ1v) is 11.0. The van der Waals surface area contributed by atoms with E-state index in [2.05, 4.69) is 5.32 Å². The fourth-order valence-electron chi connectivity index (χ4n) is 3.13. The van der Waals surface area contributed by atoms with Crippen molar-refractivity contribution in [2.24, 2.45) is 0 Å². The van der Waals surface area contributed by atoms with Crippen molar-refractivity contribution in [3.8, 4) is 12.1 Å². The van der Waals surface area contributed by atoms with E-state index in [9.17, 15) is 18.5 Å². The number of hydrogen-bond acceptors (Lipinski definition) is 6. The first-order chi connectivity index (χ1) is 14.8. The zero-order chi connectivity index (χ0) is 22.4. The monoisotopic (exact) mass is 435 g/mol. The normalized spacial score (nSPS) is 15.1. The number of piperazine rings is 1. The van der Waals surface area contributed by atoms with Crippen LogP contribution in [0.1, 0.15) is 11.1 Å². The Morgan fingerprint density at radius 2 is 1.68 bits per heavy atom. The van der Waals surface area contributed by atoms with Crippen LogP contribution >= 0.6 is 0 Å². The van der Waals surface area contributed by atoms with E-state index in [1.807, 2.05) is 19.1 Å². The van der Waals surface area contributed by atoms with Crippen LogP contribution in [0.3, 0.4) is 0 Å². The van der Waals surface area contributed by atoms with Gasteiger partial charge in [0.15, 0.2) is 0 Å². The van der Waals surface area contributed by atoms with Crippen molar-refractivity contribution in [2.75, 3.05) is 31.5 Å². The summed E-state index contributed by atoms with van der Waals surface area (Å²) in [6.07, 6.45) is 1.43. The molecule has 31 heavy (non-hydrogen) atoms. The summed E-state index contributed by atoms with van der Waals surface area (Å²) in [5, 5.41) is 21.1. The minimum Gasteiger partial charge on any atom is -0.373 e. The van der Waals surface area contributed by atoms with Crippen LogP contribution in [-0.2, 0) is 14.8 Å². The summed E-state index contributed by atoms with van der Waals surface area (Å²) in [6.45, 7) is 3.06. The molecule has 1 heterocycles. The molecule has 9 heteroatoms. The Morgan fingerprint density at radius 3 is 2.29 bits per heavy atom. The van der Waals surface area contributed by atoms with Crippen molar-refractivity contribution in [3.05, 3.63) is 71.4 Å². The molecule has 8 nitrogen and oxygen atoms in total. The molecule has 1 aliphatic rings. The van der Waals surface area contributed by atoms with Crippen LogP contribution in [0.2, 0.25) is 0 Å². The molecule has 1 N–H and O–H groups in total. The van der Waals surface area contributed by atoms with Gasteiger partial charge in [0.25, 0.3) is 5.91 Å². The minimum absolute atomic E-state index is 0.123. The SMILES string of the molecule is Cc1ccc(S(=O)(=O)N2CCN(/C=C(/C#N)C(=O)Nc3ccccc3C#N)CC2)cc1. The van der Waals surface area contributed by atoms with E-state index >= 15 is 0 Å². The second-order valence-corrected chi connectivity index (χ2v) is 8.96. The van der Waals surface area contributed by atoms with Gasteiger partial charge in [0.05, 0.1) is 16.1 Å². The van der Waals surface area contributed by atoms with Gasteiger partial charge in [0.2, 0.25) is 10.0 Å². The van der Waals surface area contributed by atoms with Crippen molar-refractivity contribution in [2.45, 2.75) is 11.8 Å². The lowest BCUT2D eigenvalue weighted by molar-refractivity contribution is -0.112. The quantitative estimate of drug-likeness (QED) is 0.568. The van der Waals surface area contributed by atoms with Gasteiger partial charge in [-0.1, -0.05) is 29.8 Å². The van der Waals surface area contributed by atoms with Gasteiger partial charge in [-0.05, 0) is 31.2 Å². The fourth-order valence-corrected chi connectivity index (χ4v) is 4.55. The summed E-state index contributed by atoms with van der Waals surface area (Å²) in [6, 6.07) is 17.1. The fraction of sp³-hybridized carbons (Fsp3) is 0.227. The summed E-state index contributed by atoms with van der Waals surface area (Å²) < 4.78 is 27.0. The van der Waals surface area contributed by atoms with Gasteiger partial charge < -0.3 is 10.2 Å². The van der Waals surface area contributed by atoms with E-state index in [0.717, 1.165) is 5.56 Å². The van der Waals surface area contributed by atoms with E-state index in [-0.39, 0.29) is 23.6 Å². The Balaban J connectivity index is 1.66. The molecular weight excluding hydrogens is 414 g/mol. The molecule has 2 aromatic carbocycles. The number of anilines is 1. The topological polar surface area (TPSA) is 117 Å². The second kappa shape index (κ2) is 9.43. The summed E-state index contributed by atoms with van der Waals surface area (Å²) in [7, 11) is -3.59. The number of nitriles is 2. The van der Waals surface area contributed by atoms with Gasteiger partial charge >= 0.3 is 0 Å². The van der Waals surface area contributed by atoms with Crippen LogP contribution in [0.5, 0.6) is 0 Å². The van der Waals surface area contributed by atoms with Crippen LogP contribution in [-0.4, -0.2) is 49.7 Å². The van der Waals surface area contributed by atoms with Crippen LogP contribution in [0, 0.1) is 29.6 Å². The lowest BCUT2D eigenvalue weighted by atomic mass is 10.2. The first-order valence-electron chi connectivity index (χ1n) is 9.58. The highest BCUT2D eigenvalue weighted by molar-refractivity contribution is 7.89. The number of carbonyl (C=O) groups is 1. The summed E-state index contributed by atoms with van der Waals surface area (Å²) >= 11 is 0. The Bertz CT molecular complexity index is 1180. The number of amides is 1. The highest BCUT2D eigenvalue weighted by atomic mass is 32.2. The maximum atomic E-state index is 12.8. The molecule has 158 valence electrons. The molecule has 0 spiro atoms. The molecule has 0 saturated carbocycles. The van der Waals surface area contributed by atoms with E-state index in [1.165, 1.54) is 10.5 Å². The molecule has 0 unspecified atom stereocenters. The zero-order valence-electron chi connectivity index (χ0n) is 16.9. The number of carbonyl (C=O) groups excluding carboxylic acids is 1. The van der Waals surface area contributed by atoms with Gasteiger partial charge in [0, 0.05) is 32.4 Å². The van der Waals surface area contributed by atoms with Gasteiger partial charge in [0.1, 0.15) is 17.7 Å². The summed E-state index contributed by atoms with van der Waals surface area (Å²) in [4.78, 5) is 14.5. The zero-order valence-corrected chi connectivity index (χ0v) is 17.8. The molecule has 1 fully saturated rings.